The van der Waals surface area contributed by atoms with E-state index in [0.29, 0.717) is 22.9 Å². The van der Waals surface area contributed by atoms with Gasteiger partial charge in [-0.1, -0.05) is 64.6 Å². The summed E-state index contributed by atoms with van der Waals surface area (Å²) in [6.45, 7) is 15.5. The van der Waals surface area contributed by atoms with Gasteiger partial charge in [0.25, 0.3) is 5.13 Å². The standard InChI is InChI=1S/C20H31N5S2/c1-14(2)11-25(12-15(3)4)18-9-7-17(8-10-18)21-22-19-23-24-20(27-19)26-13-16(5)6/h7-10,14-16H,11-13H2,1-6H3. The lowest BCUT2D eigenvalue weighted by Gasteiger charge is -2.28. The van der Waals surface area contributed by atoms with Crippen LogP contribution in [0.25, 0.3) is 0 Å². The Hall–Kier alpha value is -1.47. The minimum absolute atomic E-state index is 0.603. The lowest BCUT2D eigenvalue weighted by molar-refractivity contribution is 0.553. The highest BCUT2D eigenvalue weighted by Gasteiger charge is 2.10. The molecule has 2 aromatic rings. The van der Waals surface area contributed by atoms with Crippen molar-refractivity contribution in [2.24, 2.45) is 28.0 Å². The van der Waals surface area contributed by atoms with Gasteiger partial charge in [-0.15, -0.1) is 20.4 Å². The lowest BCUT2D eigenvalue weighted by Crippen LogP contribution is -2.31. The monoisotopic (exact) mass is 405 g/mol. The number of thioether (sulfide) groups is 1. The topological polar surface area (TPSA) is 53.7 Å². The molecule has 0 atom stereocenters. The molecule has 0 fully saturated rings. The molecule has 0 aliphatic carbocycles. The van der Waals surface area contributed by atoms with Crippen LogP contribution in [0.5, 0.6) is 0 Å². The van der Waals surface area contributed by atoms with E-state index in [1.165, 1.54) is 17.0 Å². The predicted molar refractivity (Wildman–Crippen MR) is 118 cm³/mol. The summed E-state index contributed by atoms with van der Waals surface area (Å²) in [5, 5.41) is 17.4. The molecule has 0 unspecified atom stereocenters. The fourth-order valence-electron chi connectivity index (χ4n) is 2.54. The van der Waals surface area contributed by atoms with E-state index in [1.54, 1.807) is 11.8 Å². The van der Waals surface area contributed by atoms with Crippen LogP contribution in [-0.2, 0) is 0 Å². The molecule has 0 aliphatic heterocycles. The van der Waals surface area contributed by atoms with Gasteiger partial charge in [0.05, 0.1) is 5.69 Å². The number of anilines is 1. The Morgan fingerprint density at radius 3 is 2.07 bits per heavy atom. The second kappa shape index (κ2) is 10.8. The van der Waals surface area contributed by atoms with E-state index in [2.05, 4.69) is 79.0 Å². The number of hydrogen-bond donors (Lipinski definition) is 0. The van der Waals surface area contributed by atoms with Crippen molar-refractivity contribution in [3.63, 3.8) is 0 Å². The largest absolute Gasteiger partial charge is 0.371 e. The molecule has 5 nitrogen and oxygen atoms in total. The van der Waals surface area contributed by atoms with Crippen LogP contribution in [0.2, 0.25) is 0 Å². The third-order valence-corrected chi connectivity index (χ3v) is 5.94. The Morgan fingerprint density at radius 2 is 1.52 bits per heavy atom. The van der Waals surface area contributed by atoms with Crippen LogP contribution in [0.1, 0.15) is 41.5 Å². The smallest absolute Gasteiger partial charge is 0.252 e. The van der Waals surface area contributed by atoms with Crippen LogP contribution in [0.4, 0.5) is 16.5 Å². The summed E-state index contributed by atoms with van der Waals surface area (Å²) in [6, 6.07) is 8.29. The second-order valence-electron chi connectivity index (χ2n) is 7.96. The third kappa shape index (κ3) is 7.97. The molecule has 27 heavy (non-hydrogen) atoms. The minimum Gasteiger partial charge on any atom is -0.371 e. The maximum absolute atomic E-state index is 4.31. The molecule has 7 heteroatoms. The molecule has 1 aromatic heterocycles. The molecule has 1 aromatic carbocycles. The summed E-state index contributed by atoms with van der Waals surface area (Å²) in [7, 11) is 0. The van der Waals surface area contributed by atoms with Crippen molar-refractivity contribution in [1.82, 2.24) is 10.2 Å². The van der Waals surface area contributed by atoms with Crippen molar-refractivity contribution in [1.29, 1.82) is 0 Å². The maximum atomic E-state index is 4.31. The Morgan fingerprint density at radius 1 is 0.889 bits per heavy atom. The van der Waals surface area contributed by atoms with Gasteiger partial charge >= 0.3 is 0 Å². The zero-order valence-corrected chi connectivity index (χ0v) is 18.8. The Bertz CT molecular complexity index is 697. The lowest BCUT2D eigenvalue weighted by atomic mass is 10.1. The quantitative estimate of drug-likeness (QED) is 0.321. The van der Waals surface area contributed by atoms with Gasteiger partial charge in [0.1, 0.15) is 0 Å². The Labute approximate surface area is 171 Å². The first kappa shape index (κ1) is 21.8. The Balaban J connectivity index is 2.00. The number of azo groups is 1. The molecule has 0 bridgehead atoms. The second-order valence-corrected chi connectivity index (χ2v) is 10.2. The first-order chi connectivity index (χ1) is 12.8. The van der Waals surface area contributed by atoms with Gasteiger partial charge in [0.15, 0.2) is 4.34 Å². The third-order valence-electron chi connectivity index (χ3n) is 3.57. The summed E-state index contributed by atoms with van der Waals surface area (Å²) >= 11 is 3.21. The van der Waals surface area contributed by atoms with Crippen molar-refractivity contribution in [2.75, 3.05) is 23.7 Å². The molecule has 0 saturated carbocycles. The van der Waals surface area contributed by atoms with E-state index in [-0.39, 0.29) is 0 Å². The fourth-order valence-corrected chi connectivity index (χ4v) is 4.18. The summed E-state index contributed by atoms with van der Waals surface area (Å²) in [5.41, 5.74) is 2.07. The van der Waals surface area contributed by atoms with E-state index in [0.717, 1.165) is 28.9 Å². The van der Waals surface area contributed by atoms with Crippen LogP contribution in [0.3, 0.4) is 0 Å². The van der Waals surface area contributed by atoms with Crippen LogP contribution >= 0.6 is 23.1 Å². The van der Waals surface area contributed by atoms with Crippen molar-refractivity contribution >= 4 is 39.6 Å². The SMILES string of the molecule is CC(C)CSc1nnc(N=Nc2ccc(N(CC(C)C)CC(C)C)cc2)s1. The highest BCUT2D eigenvalue weighted by atomic mass is 32.2. The van der Waals surface area contributed by atoms with Crippen LogP contribution in [0, 0.1) is 17.8 Å². The summed E-state index contributed by atoms with van der Waals surface area (Å²) in [6.07, 6.45) is 0. The van der Waals surface area contributed by atoms with E-state index >= 15 is 0 Å². The molecule has 0 spiro atoms. The number of hydrogen-bond acceptors (Lipinski definition) is 7. The van der Waals surface area contributed by atoms with E-state index < -0.39 is 0 Å². The van der Waals surface area contributed by atoms with Gasteiger partial charge in [0, 0.05) is 24.5 Å². The highest BCUT2D eigenvalue weighted by molar-refractivity contribution is 8.01. The number of nitrogens with zero attached hydrogens (tertiary/aromatic N) is 5. The van der Waals surface area contributed by atoms with Gasteiger partial charge in [-0.2, -0.15) is 0 Å². The fraction of sp³-hybridized carbons (Fsp3) is 0.600. The highest BCUT2D eigenvalue weighted by Crippen LogP contribution is 2.30. The molecule has 0 saturated heterocycles. The molecule has 2 rings (SSSR count). The van der Waals surface area contributed by atoms with Crippen molar-refractivity contribution in [3.05, 3.63) is 24.3 Å². The summed E-state index contributed by atoms with van der Waals surface area (Å²) in [4.78, 5) is 2.44. The number of rotatable bonds is 10. The van der Waals surface area contributed by atoms with Gasteiger partial charge in [-0.05, 0) is 42.0 Å². The first-order valence-electron chi connectivity index (χ1n) is 9.56. The molecule has 1 heterocycles. The van der Waals surface area contributed by atoms with Crippen LogP contribution in [0.15, 0.2) is 38.8 Å². The van der Waals surface area contributed by atoms with Crippen LogP contribution < -0.4 is 4.90 Å². The maximum Gasteiger partial charge on any atom is 0.252 e. The predicted octanol–water partition coefficient (Wildman–Crippen LogP) is 6.82. The molecule has 0 amide bonds. The zero-order chi connectivity index (χ0) is 19.8. The van der Waals surface area contributed by atoms with E-state index in [4.69, 9.17) is 0 Å². The molecule has 0 radical (unpaired) electrons. The Kier molecular flexibility index (Phi) is 8.70. The van der Waals surface area contributed by atoms with Gasteiger partial charge in [-0.25, -0.2) is 0 Å². The van der Waals surface area contributed by atoms with Gasteiger partial charge in [0.2, 0.25) is 0 Å². The van der Waals surface area contributed by atoms with E-state index in [1.807, 2.05) is 12.1 Å². The summed E-state index contributed by atoms with van der Waals surface area (Å²) < 4.78 is 0.950. The first-order valence-corrected chi connectivity index (χ1v) is 11.4. The van der Waals surface area contributed by atoms with Crippen LogP contribution in [-0.4, -0.2) is 29.0 Å². The summed E-state index contributed by atoms with van der Waals surface area (Å²) in [5.74, 6) is 2.93. The minimum atomic E-state index is 0.603. The normalized spacial score (nSPS) is 12.0. The number of aromatic nitrogens is 2. The molecule has 0 aliphatic rings. The molecule has 148 valence electrons. The molecular formula is C20H31N5S2. The average molecular weight is 406 g/mol. The number of benzene rings is 1. The van der Waals surface area contributed by atoms with Crippen molar-refractivity contribution in [2.45, 2.75) is 45.9 Å². The molecule has 0 N–H and O–H groups in total. The average Bonchev–Trinajstić information content (AvgIpc) is 3.05. The van der Waals surface area contributed by atoms with Gasteiger partial charge in [-0.3, -0.25) is 0 Å². The van der Waals surface area contributed by atoms with E-state index in [9.17, 15) is 0 Å². The van der Waals surface area contributed by atoms with Gasteiger partial charge < -0.3 is 4.90 Å². The zero-order valence-electron chi connectivity index (χ0n) is 17.2. The molecular weight excluding hydrogens is 374 g/mol. The van der Waals surface area contributed by atoms with Crippen molar-refractivity contribution < 1.29 is 0 Å². The van der Waals surface area contributed by atoms with Crippen molar-refractivity contribution in [3.8, 4) is 0 Å².